The number of aldehydes is 1. The molecule has 4 nitrogen and oxygen atoms in total. The Balaban J connectivity index is 3.15. The van der Waals surface area contributed by atoms with Gasteiger partial charge in [-0.1, -0.05) is 12.1 Å². The van der Waals surface area contributed by atoms with Crippen molar-refractivity contribution in [2.75, 3.05) is 7.05 Å². The summed E-state index contributed by atoms with van der Waals surface area (Å²) in [4.78, 5) is 11.0. The van der Waals surface area contributed by atoms with E-state index in [0.29, 0.717) is 0 Å². The van der Waals surface area contributed by atoms with Gasteiger partial charge in [-0.15, -0.1) is 0 Å². The molecule has 1 N–H and O–H groups in total. The second kappa shape index (κ2) is 4.35. The summed E-state index contributed by atoms with van der Waals surface area (Å²) in [5.41, 5.74) is 0.194. The highest BCUT2D eigenvalue weighted by molar-refractivity contribution is 7.89. The van der Waals surface area contributed by atoms with E-state index in [1.54, 1.807) is 26.0 Å². The number of rotatable bonds is 4. The van der Waals surface area contributed by atoms with Crippen LogP contribution in [-0.2, 0) is 20.2 Å². The molecule has 88 valence electrons. The molecule has 0 spiro atoms. The van der Waals surface area contributed by atoms with Crippen molar-refractivity contribution >= 4 is 16.3 Å². The Labute approximate surface area is 95.7 Å². The molecule has 16 heavy (non-hydrogen) atoms. The lowest BCUT2D eigenvalue weighted by atomic mass is 9.87. The zero-order valence-corrected chi connectivity index (χ0v) is 10.3. The lowest BCUT2D eigenvalue weighted by Crippen LogP contribution is -2.20. The number of carbonyl (C=O) groups excluding carboxylic acids is 1. The third kappa shape index (κ3) is 2.48. The van der Waals surface area contributed by atoms with Crippen molar-refractivity contribution < 1.29 is 13.2 Å². The van der Waals surface area contributed by atoms with Gasteiger partial charge in [-0.2, -0.15) is 0 Å². The van der Waals surface area contributed by atoms with Gasteiger partial charge in [0, 0.05) is 5.41 Å². The molecular formula is C11H15NO3S. The molecule has 0 bridgehead atoms. The minimum atomic E-state index is -3.41. The third-order valence-corrected chi connectivity index (χ3v) is 3.90. The highest BCUT2D eigenvalue weighted by atomic mass is 32.2. The molecule has 0 amide bonds. The van der Waals surface area contributed by atoms with Gasteiger partial charge < -0.3 is 4.79 Å². The van der Waals surface area contributed by atoms with Crippen LogP contribution in [-0.4, -0.2) is 21.8 Å². The molecule has 0 aromatic heterocycles. The van der Waals surface area contributed by atoms with Crippen molar-refractivity contribution in [2.24, 2.45) is 0 Å². The fourth-order valence-corrected chi connectivity index (χ4v) is 1.98. The summed E-state index contributed by atoms with van der Waals surface area (Å²) >= 11 is 0. The van der Waals surface area contributed by atoms with Crippen LogP contribution in [0.15, 0.2) is 29.2 Å². The van der Waals surface area contributed by atoms with E-state index in [9.17, 15) is 13.2 Å². The Hall–Kier alpha value is -1.20. The van der Waals surface area contributed by atoms with Crippen LogP contribution in [0.25, 0.3) is 0 Å². The van der Waals surface area contributed by atoms with Gasteiger partial charge in [-0.05, 0) is 38.6 Å². The van der Waals surface area contributed by atoms with Crippen LogP contribution >= 0.6 is 0 Å². The van der Waals surface area contributed by atoms with E-state index in [-0.39, 0.29) is 4.90 Å². The molecule has 0 atom stereocenters. The maximum atomic E-state index is 11.5. The smallest absolute Gasteiger partial charge is 0.240 e. The fraction of sp³-hybridized carbons (Fsp3) is 0.364. The van der Waals surface area contributed by atoms with E-state index in [0.717, 1.165) is 11.8 Å². The van der Waals surface area contributed by atoms with Gasteiger partial charge in [0.2, 0.25) is 10.0 Å². The van der Waals surface area contributed by atoms with E-state index in [4.69, 9.17) is 0 Å². The first kappa shape index (κ1) is 12.9. The first-order valence-corrected chi connectivity index (χ1v) is 6.32. The summed E-state index contributed by atoms with van der Waals surface area (Å²) in [5.74, 6) is 0. The standard InChI is InChI=1S/C11H15NO3S/c1-11(2,8-13)9-4-6-10(7-5-9)16(14,15)12-3/h4-8,12H,1-3H3. The molecule has 1 aromatic carbocycles. The first-order chi connectivity index (χ1) is 7.33. The third-order valence-electron chi connectivity index (χ3n) is 2.47. The molecule has 0 aliphatic rings. The van der Waals surface area contributed by atoms with Crippen molar-refractivity contribution in [3.8, 4) is 0 Å². The molecule has 1 aromatic rings. The number of carbonyl (C=O) groups is 1. The van der Waals surface area contributed by atoms with Crippen LogP contribution in [0, 0.1) is 0 Å². The summed E-state index contributed by atoms with van der Waals surface area (Å²) in [6, 6.07) is 6.29. The predicted octanol–water partition coefficient (Wildman–Crippen LogP) is 1.07. The van der Waals surface area contributed by atoms with Gasteiger partial charge in [-0.25, -0.2) is 13.1 Å². The second-order valence-electron chi connectivity index (χ2n) is 4.07. The van der Waals surface area contributed by atoms with Gasteiger partial charge in [-0.3, -0.25) is 0 Å². The van der Waals surface area contributed by atoms with Crippen LogP contribution < -0.4 is 4.72 Å². The van der Waals surface area contributed by atoms with Crippen molar-refractivity contribution in [2.45, 2.75) is 24.2 Å². The lowest BCUT2D eigenvalue weighted by Gasteiger charge is -2.17. The summed E-state index contributed by atoms with van der Waals surface area (Å²) in [7, 11) is -2.05. The Morgan fingerprint density at radius 2 is 1.69 bits per heavy atom. The lowest BCUT2D eigenvalue weighted by molar-refractivity contribution is -0.111. The molecular weight excluding hydrogens is 226 g/mol. The quantitative estimate of drug-likeness (QED) is 0.802. The van der Waals surface area contributed by atoms with Crippen LogP contribution in [0.4, 0.5) is 0 Å². The number of sulfonamides is 1. The maximum absolute atomic E-state index is 11.5. The minimum absolute atomic E-state index is 0.195. The zero-order valence-electron chi connectivity index (χ0n) is 9.52. The zero-order chi connectivity index (χ0) is 12.4. The summed E-state index contributed by atoms with van der Waals surface area (Å²) in [6.45, 7) is 3.56. The molecule has 0 radical (unpaired) electrons. The van der Waals surface area contributed by atoms with Crippen molar-refractivity contribution in [3.05, 3.63) is 29.8 Å². The van der Waals surface area contributed by atoms with Gasteiger partial charge in [0.15, 0.2) is 0 Å². The Morgan fingerprint density at radius 3 is 2.06 bits per heavy atom. The maximum Gasteiger partial charge on any atom is 0.240 e. The van der Waals surface area contributed by atoms with Crippen molar-refractivity contribution in [3.63, 3.8) is 0 Å². The summed E-state index contributed by atoms with van der Waals surface area (Å²) in [5, 5.41) is 0. The number of hydrogen-bond acceptors (Lipinski definition) is 3. The Kier molecular flexibility index (Phi) is 3.50. The van der Waals surface area contributed by atoms with E-state index in [2.05, 4.69) is 4.72 Å². The largest absolute Gasteiger partial charge is 0.302 e. The second-order valence-corrected chi connectivity index (χ2v) is 5.96. The van der Waals surface area contributed by atoms with Crippen molar-refractivity contribution in [1.82, 2.24) is 4.72 Å². The highest BCUT2D eigenvalue weighted by Crippen LogP contribution is 2.21. The molecule has 1 rings (SSSR count). The monoisotopic (exact) mass is 241 g/mol. The molecule has 0 saturated carbocycles. The van der Waals surface area contributed by atoms with Crippen LogP contribution in [0.2, 0.25) is 0 Å². The fourth-order valence-electron chi connectivity index (χ4n) is 1.25. The molecule has 0 fully saturated rings. The molecule has 0 saturated heterocycles. The number of benzene rings is 1. The summed E-state index contributed by atoms with van der Waals surface area (Å²) in [6.07, 6.45) is 0.842. The predicted molar refractivity (Wildman–Crippen MR) is 61.8 cm³/mol. The SMILES string of the molecule is CNS(=O)(=O)c1ccc(C(C)(C)C=O)cc1. The van der Waals surface area contributed by atoms with Gasteiger partial charge in [0.1, 0.15) is 6.29 Å². The Bertz CT molecular complexity index is 474. The average molecular weight is 241 g/mol. The van der Waals surface area contributed by atoms with E-state index < -0.39 is 15.4 Å². The van der Waals surface area contributed by atoms with Gasteiger partial charge >= 0.3 is 0 Å². The summed E-state index contributed by atoms with van der Waals surface area (Å²) < 4.78 is 25.1. The first-order valence-electron chi connectivity index (χ1n) is 4.84. The average Bonchev–Trinajstić information content (AvgIpc) is 2.29. The van der Waals surface area contributed by atoms with Crippen LogP contribution in [0.3, 0.4) is 0 Å². The van der Waals surface area contributed by atoms with E-state index in [1.165, 1.54) is 19.2 Å². The topological polar surface area (TPSA) is 63.2 Å². The van der Waals surface area contributed by atoms with Gasteiger partial charge in [0.05, 0.1) is 4.90 Å². The Morgan fingerprint density at radius 1 is 1.19 bits per heavy atom. The van der Waals surface area contributed by atoms with E-state index >= 15 is 0 Å². The van der Waals surface area contributed by atoms with Gasteiger partial charge in [0.25, 0.3) is 0 Å². The normalized spacial score (nSPS) is 12.4. The molecule has 0 aliphatic heterocycles. The molecule has 0 unspecified atom stereocenters. The molecule has 0 heterocycles. The van der Waals surface area contributed by atoms with E-state index in [1.807, 2.05) is 0 Å². The number of hydrogen-bond donors (Lipinski definition) is 1. The van der Waals surface area contributed by atoms with Crippen LogP contribution in [0.5, 0.6) is 0 Å². The van der Waals surface area contributed by atoms with Crippen molar-refractivity contribution in [1.29, 1.82) is 0 Å². The number of nitrogens with one attached hydrogen (secondary N) is 1. The minimum Gasteiger partial charge on any atom is -0.302 e. The molecule has 5 heteroatoms. The highest BCUT2D eigenvalue weighted by Gasteiger charge is 2.20. The molecule has 0 aliphatic carbocycles. The van der Waals surface area contributed by atoms with Crippen LogP contribution in [0.1, 0.15) is 19.4 Å².